The number of H-pyrrole nitrogens is 2. The van der Waals surface area contributed by atoms with E-state index in [4.69, 9.17) is 9.47 Å². The van der Waals surface area contributed by atoms with Crippen LogP contribution in [0, 0.1) is 0 Å². The number of aromatic amines is 2. The maximum atomic E-state index is 12.7. The number of fused-ring (bicyclic) bond motifs is 1. The van der Waals surface area contributed by atoms with E-state index in [1.807, 2.05) is 25.1 Å². The number of imidazole rings is 1. The van der Waals surface area contributed by atoms with Gasteiger partial charge in [0.1, 0.15) is 0 Å². The quantitative estimate of drug-likeness (QED) is 0.593. The van der Waals surface area contributed by atoms with Crippen LogP contribution in [0.1, 0.15) is 54.6 Å². The van der Waals surface area contributed by atoms with Crippen molar-refractivity contribution in [2.75, 3.05) is 7.11 Å². The molecule has 1 amide bonds. The first-order valence-corrected chi connectivity index (χ1v) is 9.91. The number of nitrogens with one attached hydrogen (secondary N) is 3. The van der Waals surface area contributed by atoms with Gasteiger partial charge in [0.05, 0.1) is 30.3 Å². The summed E-state index contributed by atoms with van der Waals surface area (Å²) in [6, 6.07) is 10.6. The molecule has 1 atom stereocenters. The highest BCUT2D eigenvalue weighted by Crippen LogP contribution is 2.32. The second-order valence-electron chi connectivity index (χ2n) is 7.47. The molecule has 1 unspecified atom stereocenters. The van der Waals surface area contributed by atoms with Crippen molar-refractivity contribution >= 4 is 16.9 Å². The highest BCUT2D eigenvalue weighted by Gasteiger charge is 2.20. The Balaban J connectivity index is 1.48. The molecule has 3 N–H and O–H groups in total. The molecule has 0 spiro atoms. The Hall–Kier alpha value is -3.22. The van der Waals surface area contributed by atoms with Crippen LogP contribution in [0.5, 0.6) is 11.5 Å². The largest absolute Gasteiger partial charge is 0.493 e. The third kappa shape index (κ3) is 4.13. The van der Waals surface area contributed by atoms with Crippen LogP contribution < -0.4 is 20.5 Å². The minimum absolute atomic E-state index is 0.203. The van der Waals surface area contributed by atoms with Crippen molar-refractivity contribution < 1.29 is 14.3 Å². The summed E-state index contributed by atoms with van der Waals surface area (Å²) in [6.07, 6.45) is 4.71. The molecule has 1 aliphatic rings. The molecule has 1 saturated carbocycles. The SMILES string of the molecule is COc1cc(C(=O)NC(C)c2ccc3[nH]c(=O)[nH]c3c2)ccc1OC1CCCC1. The lowest BCUT2D eigenvalue weighted by Crippen LogP contribution is -2.26. The first kappa shape index (κ1) is 19.1. The minimum Gasteiger partial charge on any atom is -0.493 e. The monoisotopic (exact) mass is 395 g/mol. The van der Waals surface area contributed by atoms with E-state index in [-0.39, 0.29) is 23.7 Å². The maximum absolute atomic E-state index is 12.7. The topological polar surface area (TPSA) is 96.2 Å². The Labute approximate surface area is 168 Å². The van der Waals surface area contributed by atoms with Crippen LogP contribution in [-0.4, -0.2) is 29.1 Å². The predicted octanol–water partition coefficient (Wildman–Crippen LogP) is 3.68. The van der Waals surface area contributed by atoms with Gasteiger partial charge in [-0.05, 0) is 68.5 Å². The van der Waals surface area contributed by atoms with Crippen LogP contribution in [0.2, 0.25) is 0 Å². The van der Waals surface area contributed by atoms with Crippen LogP contribution in [0.25, 0.3) is 11.0 Å². The predicted molar refractivity (Wildman–Crippen MR) is 111 cm³/mol. The first-order valence-electron chi connectivity index (χ1n) is 9.91. The molecule has 0 radical (unpaired) electrons. The molecule has 2 aromatic carbocycles. The summed E-state index contributed by atoms with van der Waals surface area (Å²) in [5.41, 5.74) is 2.60. The first-order chi connectivity index (χ1) is 14.0. The molecule has 1 heterocycles. The summed E-state index contributed by atoms with van der Waals surface area (Å²) in [5, 5.41) is 2.99. The van der Waals surface area contributed by atoms with Gasteiger partial charge in [-0.3, -0.25) is 4.79 Å². The number of methoxy groups -OCH3 is 1. The molecule has 7 nitrogen and oxygen atoms in total. The van der Waals surface area contributed by atoms with Crippen molar-refractivity contribution in [3.63, 3.8) is 0 Å². The second-order valence-corrected chi connectivity index (χ2v) is 7.47. The van der Waals surface area contributed by atoms with Gasteiger partial charge in [0.2, 0.25) is 0 Å². The lowest BCUT2D eigenvalue weighted by Gasteiger charge is -2.18. The van der Waals surface area contributed by atoms with E-state index < -0.39 is 0 Å². The van der Waals surface area contributed by atoms with E-state index in [1.165, 1.54) is 12.8 Å². The van der Waals surface area contributed by atoms with Gasteiger partial charge in [0.25, 0.3) is 5.91 Å². The zero-order valence-corrected chi connectivity index (χ0v) is 16.6. The van der Waals surface area contributed by atoms with E-state index in [2.05, 4.69) is 15.3 Å². The van der Waals surface area contributed by atoms with Gasteiger partial charge in [-0.2, -0.15) is 0 Å². The molecular formula is C22H25N3O4. The number of benzene rings is 2. The molecular weight excluding hydrogens is 370 g/mol. The minimum atomic E-state index is -0.249. The summed E-state index contributed by atoms with van der Waals surface area (Å²) in [4.78, 5) is 29.6. The Kier molecular flexibility index (Phi) is 5.29. The summed E-state index contributed by atoms with van der Waals surface area (Å²) in [6.45, 7) is 1.90. The lowest BCUT2D eigenvalue weighted by molar-refractivity contribution is 0.0939. The van der Waals surface area contributed by atoms with Gasteiger partial charge in [0.15, 0.2) is 11.5 Å². The van der Waals surface area contributed by atoms with Crippen molar-refractivity contribution in [3.05, 3.63) is 58.0 Å². The fraction of sp³-hybridized carbons (Fsp3) is 0.364. The molecule has 29 heavy (non-hydrogen) atoms. The molecule has 4 rings (SSSR count). The third-order valence-electron chi connectivity index (χ3n) is 5.41. The van der Waals surface area contributed by atoms with Gasteiger partial charge >= 0.3 is 5.69 Å². The smallest absolute Gasteiger partial charge is 0.323 e. The van der Waals surface area contributed by atoms with Crippen LogP contribution in [0.3, 0.4) is 0 Å². The highest BCUT2D eigenvalue weighted by atomic mass is 16.5. The Bertz CT molecular complexity index is 1080. The summed E-state index contributed by atoms with van der Waals surface area (Å²) in [5.74, 6) is 1.03. The van der Waals surface area contributed by atoms with Crippen LogP contribution in [0.15, 0.2) is 41.2 Å². The van der Waals surface area contributed by atoms with Crippen LogP contribution in [-0.2, 0) is 0 Å². The van der Waals surface area contributed by atoms with Gasteiger partial charge in [-0.25, -0.2) is 4.79 Å². The average molecular weight is 395 g/mol. The van der Waals surface area contributed by atoms with E-state index >= 15 is 0 Å². The number of carbonyl (C=O) groups is 1. The number of aromatic nitrogens is 2. The molecule has 1 aromatic heterocycles. The fourth-order valence-electron chi connectivity index (χ4n) is 3.77. The summed E-state index contributed by atoms with van der Waals surface area (Å²) in [7, 11) is 1.58. The zero-order chi connectivity index (χ0) is 20.4. The molecule has 3 aromatic rings. The molecule has 0 bridgehead atoms. The molecule has 0 aliphatic heterocycles. The van der Waals surface area contributed by atoms with E-state index in [1.54, 1.807) is 25.3 Å². The lowest BCUT2D eigenvalue weighted by atomic mass is 10.1. The number of hydrogen-bond acceptors (Lipinski definition) is 4. The molecule has 152 valence electrons. The number of rotatable bonds is 6. The number of amides is 1. The summed E-state index contributed by atoms with van der Waals surface area (Å²) >= 11 is 0. The fourth-order valence-corrected chi connectivity index (χ4v) is 3.77. The summed E-state index contributed by atoms with van der Waals surface area (Å²) < 4.78 is 11.5. The van der Waals surface area contributed by atoms with Crippen molar-refractivity contribution in [2.24, 2.45) is 0 Å². The number of carbonyl (C=O) groups excluding carboxylic acids is 1. The standard InChI is InChI=1S/C22H25N3O4/c1-13(14-7-9-17-18(11-14)25-22(27)24-17)23-21(26)15-8-10-19(20(12-15)28-2)29-16-5-3-4-6-16/h7-13,16H,3-6H2,1-2H3,(H,23,26)(H2,24,25,27). The normalized spacial score (nSPS) is 15.4. The van der Waals surface area contributed by atoms with E-state index in [9.17, 15) is 9.59 Å². The Morgan fingerprint density at radius 1 is 1.07 bits per heavy atom. The average Bonchev–Trinajstić information content (AvgIpc) is 3.35. The van der Waals surface area contributed by atoms with Crippen LogP contribution >= 0.6 is 0 Å². The van der Waals surface area contributed by atoms with Crippen molar-refractivity contribution in [1.82, 2.24) is 15.3 Å². The van der Waals surface area contributed by atoms with Crippen molar-refractivity contribution in [3.8, 4) is 11.5 Å². The van der Waals surface area contributed by atoms with Gasteiger partial charge in [-0.1, -0.05) is 6.07 Å². The Morgan fingerprint density at radius 2 is 1.83 bits per heavy atom. The van der Waals surface area contributed by atoms with Gasteiger partial charge < -0.3 is 24.8 Å². The molecule has 1 aliphatic carbocycles. The molecule has 0 saturated heterocycles. The second kappa shape index (κ2) is 8.03. The van der Waals surface area contributed by atoms with Crippen molar-refractivity contribution in [1.29, 1.82) is 0 Å². The maximum Gasteiger partial charge on any atom is 0.323 e. The van der Waals surface area contributed by atoms with E-state index in [0.29, 0.717) is 22.6 Å². The number of ether oxygens (including phenoxy) is 2. The van der Waals surface area contributed by atoms with Gasteiger partial charge in [-0.15, -0.1) is 0 Å². The molecule has 1 fully saturated rings. The zero-order valence-electron chi connectivity index (χ0n) is 16.6. The van der Waals surface area contributed by atoms with Crippen molar-refractivity contribution in [2.45, 2.75) is 44.8 Å². The van der Waals surface area contributed by atoms with E-state index in [0.717, 1.165) is 23.9 Å². The van der Waals surface area contributed by atoms with Crippen LogP contribution in [0.4, 0.5) is 0 Å². The van der Waals surface area contributed by atoms with Gasteiger partial charge in [0, 0.05) is 5.56 Å². The number of hydrogen-bond donors (Lipinski definition) is 3. The Morgan fingerprint density at radius 3 is 2.59 bits per heavy atom. The highest BCUT2D eigenvalue weighted by molar-refractivity contribution is 5.95. The molecule has 7 heteroatoms. The third-order valence-corrected chi connectivity index (χ3v) is 5.41.